The maximum atomic E-state index is 4.43. The first-order valence-electron chi connectivity index (χ1n) is 14.4. The standard InChI is InChI=1S/C32H52N2Si/c1-7-12-25-33(26-13-8-2)35(11-5,34(27-14-9-3)28-15-10-4)32-23-21-31(22-24-32)29(6)30-19-17-16-18-20-30/h16-24H,6-15,25-28H2,1-5H3. The maximum absolute atomic E-state index is 4.43. The SMILES string of the molecule is C=C(c1ccccc1)c1ccc([Si](CC)(N(CCCC)CCCC)N(CCCC)CCCC)cc1. The third kappa shape index (κ3) is 7.90. The molecule has 0 amide bonds. The quantitative estimate of drug-likeness (QED) is 0.193. The van der Waals surface area contributed by atoms with Crippen molar-refractivity contribution in [2.75, 3.05) is 26.2 Å². The lowest BCUT2D eigenvalue weighted by atomic mass is 10.00. The van der Waals surface area contributed by atoms with E-state index in [0.29, 0.717) is 0 Å². The summed E-state index contributed by atoms with van der Waals surface area (Å²) in [6.45, 7) is 21.2. The first-order chi connectivity index (χ1) is 17.1. The molecule has 2 aromatic carbocycles. The fourth-order valence-electron chi connectivity index (χ4n) is 5.32. The molecule has 0 atom stereocenters. The van der Waals surface area contributed by atoms with Crippen molar-refractivity contribution in [1.29, 1.82) is 0 Å². The van der Waals surface area contributed by atoms with E-state index in [1.165, 1.54) is 94.7 Å². The zero-order chi connectivity index (χ0) is 25.5. The van der Waals surface area contributed by atoms with E-state index >= 15 is 0 Å². The smallest absolute Gasteiger partial charge is 0.239 e. The van der Waals surface area contributed by atoms with Crippen LogP contribution in [0, 0.1) is 0 Å². The van der Waals surface area contributed by atoms with Crippen molar-refractivity contribution >= 4 is 19.2 Å². The van der Waals surface area contributed by atoms with Crippen LogP contribution in [0.1, 0.15) is 97.1 Å². The van der Waals surface area contributed by atoms with Gasteiger partial charge in [0.15, 0.2) is 0 Å². The van der Waals surface area contributed by atoms with Gasteiger partial charge in [-0.25, -0.2) is 0 Å². The Kier molecular flexibility index (Phi) is 13.6. The zero-order valence-corrected chi connectivity index (χ0v) is 24.5. The molecule has 0 saturated carbocycles. The molecular weight excluding hydrogens is 440 g/mol. The molecule has 2 rings (SSSR count). The van der Waals surface area contributed by atoms with Gasteiger partial charge in [-0.1, -0.05) is 121 Å². The summed E-state index contributed by atoms with van der Waals surface area (Å²) in [5.74, 6) is 0. The van der Waals surface area contributed by atoms with Gasteiger partial charge in [-0.2, -0.15) is 0 Å². The molecule has 0 fully saturated rings. The number of hydrogen-bond donors (Lipinski definition) is 0. The van der Waals surface area contributed by atoms with Crippen molar-refractivity contribution in [2.24, 2.45) is 0 Å². The van der Waals surface area contributed by atoms with Crippen LogP contribution in [0.4, 0.5) is 0 Å². The first-order valence-corrected chi connectivity index (χ1v) is 16.5. The summed E-state index contributed by atoms with van der Waals surface area (Å²) in [5, 5.41) is 1.59. The normalized spacial score (nSPS) is 12.0. The topological polar surface area (TPSA) is 6.48 Å². The van der Waals surface area contributed by atoms with E-state index in [0.717, 1.165) is 5.57 Å². The average molecular weight is 493 g/mol. The molecule has 0 unspecified atom stereocenters. The molecule has 0 radical (unpaired) electrons. The largest absolute Gasteiger partial charge is 0.308 e. The van der Waals surface area contributed by atoms with Crippen LogP contribution in [0.2, 0.25) is 6.04 Å². The summed E-state index contributed by atoms with van der Waals surface area (Å²) in [6.07, 6.45) is 10.2. The van der Waals surface area contributed by atoms with Gasteiger partial charge >= 0.3 is 0 Å². The van der Waals surface area contributed by atoms with E-state index in [4.69, 9.17) is 0 Å². The zero-order valence-electron chi connectivity index (χ0n) is 23.5. The summed E-state index contributed by atoms with van der Waals surface area (Å²) >= 11 is 0. The highest BCUT2D eigenvalue weighted by atomic mass is 28.3. The Morgan fingerprint density at radius 3 is 1.37 bits per heavy atom. The monoisotopic (exact) mass is 492 g/mol. The van der Waals surface area contributed by atoms with Crippen LogP contribution in [0.5, 0.6) is 0 Å². The van der Waals surface area contributed by atoms with Gasteiger partial charge in [0.1, 0.15) is 0 Å². The second-order valence-corrected chi connectivity index (χ2v) is 14.2. The summed E-state index contributed by atoms with van der Waals surface area (Å²) in [4.78, 5) is 0. The molecule has 0 aliphatic carbocycles. The van der Waals surface area contributed by atoms with Gasteiger partial charge in [-0.05, 0) is 79.8 Å². The van der Waals surface area contributed by atoms with E-state index in [-0.39, 0.29) is 0 Å². The van der Waals surface area contributed by atoms with Crippen molar-refractivity contribution in [2.45, 2.75) is 92.0 Å². The summed E-state index contributed by atoms with van der Waals surface area (Å²) in [7, 11) is -2.05. The molecule has 0 saturated heterocycles. The Hall–Kier alpha value is -1.68. The van der Waals surface area contributed by atoms with Crippen molar-refractivity contribution in [3.05, 3.63) is 72.3 Å². The predicted molar refractivity (Wildman–Crippen MR) is 160 cm³/mol. The van der Waals surface area contributed by atoms with E-state index in [1.807, 2.05) is 0 Å². The number of hydrogen-bond acceptors (Lipinski definition) is 2. The molecule has 3 heteroatoms. The molecule has 0 bridgehead atoms. The van der Waals surface area contributed by atoms with Crippen LogP contribution in [0.15, 0.2) is 61.2 Å². The summed E-state index contributed by atoms with van der Waals surface area (Å²) in [5.41, 5.74) is 3.56. The third-order valence-electron chi connectivity index (χ3n) is 7.48. The number of rotatable bonds is 18. The molecule has 0 heterocycles. The number of unbranched alkanes of at least 4 members (excludes halogenated alkanes) is 4. The van der Waals surface area contributed by atoms with Crippen LogP contribution in [-0.4, -0.2) is 43.7 Å². The number of nitrogens with zero attached hydrogens (tertiary/aromatic N) is 2. The Balaban J connectivity index is 2.55. The van der Waals surface area contributed by atoms with Gasteiger partial charge < -0.3 is 9.13 Å². The van der Waals surface area contributed by atoms with Gasteiger partial charge in [-0.15, -0.1) is 0 Å². The minimum Gasteiger partial charge on any atom is -0.308 e. The highest BCUT2D eigenvalue weighted by molar-refractivity contribution is 6.87. The lowest BCUT2D eigenvalue weighted by Gasteiger charge is -2.49. The molecule has 0 aromatic heterocycles. The van der Waals surface area contributed by atoms with Gasteiger partial charge in [0.25, 0.3) is 0 Å². The molecule has 2 aromatic rings. The summed E-state index contributed by atoms with van der Waals surface area (Å²) < 4.78 is 5.96. The van der Waals surface area contributed by atoms with Crippen molar-refractivity contribution in [3.63, 3.8) is 0 Å². The molecule has 0 spiro atoms. The molecular formula is C32H52N2Si. The minimum absolute atomic E-state index is 1.11. The number of benzene rings is 2. The lowest BCUT2D eigenvalue weighted by Crippen LogP contribution is -2.73. The first kappa shape index (κ1) is 29.5. The Bertz CT molecular complexity index is 794. The van der Waals surface area contributed by atoms with Crippen LogP contribution in [0.3, 0.4) is 0 Å². The van der Waals surface area contributed by atoms with Crippen LogP contribution in [0.25, 0.3) is 5.57 Å². The minimum atomic E-state index is -2.05. The lowest BCUT2D eigenvalue weighted by molar-refractivity contribution is 0.311. The second kappa shape index (κ2) is 16.1. The molecule has 0 aliphatic rings. The van der Waals surface area contributed by atoms with Crippen LogP contribution in [-0.2, 0) is 0 Å². The summed E-state index contributed by atoms with van der Waals surface area (Å²) in [6, 6.07) is 21.5. The van der Waals surface area contributed by atoms with Gasteiger partial charge in [-0.3, -0.25) is 0 Å². The van der Waals surface area contributed by atoms with Crippen molar-refractivity contribution in [1.82, 2.24) is 9.13 Å². The Labute approximate surface area is 218 Å². The third-order valence-corrected chi connectivity index (χ3v) is 12.7. The van der Waals surface area contributed by atoms with Gasteiger partial charge in [0.2, 0.25) is 8.40 Å². The predicted octanol–water partition coefficient (Wildman–Crippen LogP) is 8.22. The fourth-order valence-corrected chi connectivity index (χ4v) is 10.6. The Morgan fingerprint density at radius 2 is 1.00 bits per heavy atom. The van der Waals surface area contributed by atoms with Gasteiger partial charge in [0.05, 0.1) is 0 Å². The molecule has 2 nitrogen and oxygen atoms in total. The molecule has 35 heavy (non-hydrogen) atoms. The second-order valence-electron chi connectivity index (χ2n) is 9.98. The highest BCUT2D eigenvalue weighted by Crippen LogP contribution is 2.26. The van der Waals surface area contributed by atoms with E-state index < -0.39 is 8.40 Å². The molecule has 194 valence electrons. The van der Waals surface area contributed by atoms with E-state index in [1.54, 1.807) is 5.19 Å². The molecule has 0 N–H and O–H groups in total. The maximum Gasteiger partial charge on any atom is 0.239 e. The fraction of sp³-hybridized carbons (Fsp3) is 0.562. The Morgan fingerprint density at radius 1 is 0.600 bits per heavy atom. The van der Waals surface area contributed by atoms with Crippen LogP contribution >= 0.6 is 0 Å². The van der Waals surface area contributed by atoms with Crippen molar-refractivity contribution < 1.29 is 0 Å². The van der Waals surface area contributed by atoms with Crippen LogP contribution < -0.4 is 5.19 Å². The van der Waals surface area contributed by atoms with E-state index in [2.05, 4.69) is 105 Å². The average Bonchev–Trinajstić information content (AvgIpc) is 2.91. The van der Waals surface area contributed by atoms with Gasteiger partial charge in [0, 0.05) is 0 Å². The van der Waals surface area contributed by atoms with E-state index in [9.17, 15) is 0 Å². The highest BCUT2D eigenvalue weighted by Gasteiger charge is 2.45. The van der Waals surface area contributed by atoms with Crippen molar-refractivity contribution in [3.8, 4) is 0 Å². The molecule has 0 aliphatic heterocycles.